The van der Waals surface area contributed by atoms with E-state index in [9.17, 15) is 0 Å². The van der Waals surface area contributed by atoms with Crippen LogP contribution in [0.25, 0.3) is 22.4 Å². The number of hydrogen-bond acceptors (Lipinski definition) is 1. The first-order valence-corrected chi connectivity index (χ1v) is 9.59. The van der Waals surface area contributed by atoms with E-state index in [2.05, 4.69) is 73.3 Å². The highest BCUT2D eigenvalue weighted by molar-refractivity contribution is 5.69. The summed E-state index contributed by atoms with van der Waals surface area (Å²) >= 11 is 0. The Hall–Kier alpha value is -2.48. The minimum absolute atomic E-state index is 0.494. The summed E-state index contributed by atoms with van der Waals surface area (Å²) in [6.07, 6.45) is 9.44. The van der Waals surface area contributed by atoms with Gasteiger partial charge < -0.3 is 0 Å². The number of nitrogens with zero attached hydrogens (tertiary/aromatic N) is 2. The number of pyridine rings is 2. The van der Waals surface area contributed by atoms with Crippen molar-refractivity contribution in [2.75, 3.05) is 0 Å². The first kappa shape index (κ1) is 15.7. The lowest BCUT2D eigenvalue weighted by Crippen LogP contribution is -2.30. The lowest BCUT2D eigenvalue weighted by atomic mass is 9.86. The summed E-state index contributed by atoms with van der Waals surface area (Å²) in [5.41, 5.74) is 6.90. The van der Waals surface area contributed by atoms with Crippen LogP contribution in [0.1, 0.15) is 50.6 Å². The summed E-state index contributed by atoms with van der Waals surface area (Å²) < 4.78 is 10.9. The molecule has 1 aliphatic carbocycles. The predicted molar refractivity (Wildman–Crippen MR) is 107 cm³/mol. The molecule has 0 spiro atoms. The number of benzene rings is 1. The van der Waals surface area contributed by atoms with Crippen molar-refractivity contribution in [3.63, 3.8) is 0 Å². The molecular formula is C24H27N2+. The lowest BCUT2D eigenvalue weighted by molar-refractivity contribution is -0.660. The van der Waals surface area contributed by atoms with E-state index in [0.29, 0.717) is 0 Å². The minimum atomic E-state index is -0.494. The molecule has 2 heteroatoms. The molecule has 0 aliphatic heterocycles. The molecule has 2 heterocycles. The molecule has 0 amide bonds. The lowest BCUT2D eigenvalue weighted by Gasteiger charge is -2.21. The minimum Gasteiger partial charge on any atom is -0.260 e. The first-order chi connectivity index (χ1) is 13.1. The third-order valence-electron chi connectivity index (χ3n) is 5.49. The van der Waals surface area contributed by atoms with Crippen LogP contribution in [0.15, 0.2) is 60.9 Å². The quantitative estimate of drug-likeness (QED) is 0.565. The van der Waals surface area contributed by atoms with Gasteiger partial charge in [-0.3, -0.25) is 4.98 Å². The van der Waals surface area contributed by atoms with Crippen LogP contribution in [0.3, 0.4) is 0 Å². The van der Waals surface area contributed by atoms with Crippen LogP contribution in [0.4, 0.5) is 0 Å². The smallest absolute Gasteiger partial charge is 0.213 e. The molecule has 4 rings (SSSR count). The molecule has 132 valence electrons. The summed E-state index contributed by atoms with van der Waals surface area (Å²) in [7, 11) is 2.08. The largest absolute Gasteiger partial charge is 0.260 e. The number of rotatable bonds is 3. The van der Waals surface area contributed by atoms with E-state index < -0.39 is 5.89 Å². The van der Waals surface area contributed by atoms with Crippen molar-refractivity contribution < 1.29 is 5.94 Å². The Morgan fingerprint density at radius 2 is 1.81 bits per heavy atom. The Morgan fingerprint density at radius 3 is 2.54 bits per heavy atom. The maximum atomic E-state index is 8.77. The molecule has 1 fully saturated rings. The van der Waals surface area contributed by atoms with Gasteiger partial charge in [0.1, 0.15) is 7.05 Å². The van der Waals surface area contributed by atoms with E-state index >= 15 is 0 Å². The Labute approximate surface area is 158 Å². The zero-order chi connectivity index (χ0) is 18.9. The molecule has 3 aromatic rings. The number of hydrogen-bond donors (Lipinski definition) is 0. The van der Waals surface area contributed by atoms with E-state index in [1.165, 1.54) is 23.2 Å². The fourth-order valence-electron chi connectivity index (χ4n) is 3.89. The van der Waals surface area contributed by atoms with Crippen LogP contribution in [-0.4, -0.2) is 4.98 Å². The van der Waals surface area contributed by atoms with E-state index in [1.54, 1.807) is 0 Å². The van der Waals surface area contributed by atoms with E-state index in [-0.39, 0.29) is 0 Å². The molecule has 0 unspecified atom stereocenters. The summed E-state index contributed by atoms with van der Waals surface area (Å²) in [4.78, 5) is 4.70. The third-order valence-corrected chi connectivity index (χ3v) is 5.49. The van der Waals surface area contributed by atoms with Crippen LogP contribution in [0.5, 0.6) is 0 Å². The second kappa shape index (κ2) is 7.41. The molecule has 1 saturated carbocycles. The Kier molecular flexibility index (Phi) is 4.49. The highest BCUT2D eigenvalue weighted by Gasteiger charge is 2.17. The normalized spacial score (nSPS) is 16.9. The fourth-order valence-corrected chi connectivity index (χ4v) is 3.89. The van der Waals surface area contributed by atoms with Crippen molar-refractivity contribution in [1.29, 1.82) is 0 Å². The Morgan fingerprint density at radius 1 is 1.00 bits per heavy atom. The van der Waals surface area contributed by atoms with Crippen LogP contribution >= 0.6 is 0 Å². The Bertz CT molecular complexity index is 941. The average Bonchev–Trinajstić information content (AvgIpc) is 2.70. The van der Waals surface area contributed by atoms with E-state index in [1.807, 2.05) is 6.20 Å². The molecule has 0 atom stereocenters. The first-order valence-electron chi connectivity index (χ1n) is 10.1. The van der Waals surface area contributed by atoms with Crippen LogP contribution < -0.4 is 4.57 Å². The summed E-state index contributed by atoms with van der Waals surface area (Å²) in [5.74, 6) is -0.494. The Balaban J connectivity index is 1.68. The maximum absolute atomic E-state index is 8.77. The van der Waals surface area contributed by atoms with Gasteiger partial charge in [-0.05, 0) is 43.0 Å². The van der Waals surface area contributed by atoms with Gasteiger partial charge in [0, 0.05) is 42.4 Å². The van der Waals surface area contributed by atoms with Crippen molar-refractivity contribution in [2.45, 2.75) is 44.9 Å². The van der Waals surface area contributed by atoms with Gasteiger partial charge in [0.05, 0.1) is 0 Å². The van der Waals surface area contributed by atoms with E-state index in [0.717, 1.165) is 42.5 Å². The number of aryl methyl sites for hydroxylation is 2. The van der Waals surface area contributed by atoms with Gasteiger partial charge in [-0.2, -0.15) is 0 Å². The molecule has 26 heavy (non-hydrogen) atoms. The molecule has 0 radical (unpaired) electrons. The van der Waals surface area contributed by atoms with Gasteiger partial charge in [-0.15, -0.1) is 0 Å². The van der Waals surface area contributed by atoms with Crippen molar-refractivity contribution in [2.24, 2.45) is 7.05 Å². The zero-order valence-electron chi connectivity index (χ0n) is 16.7. The third kappa shape index (κ3) is 3.41. The second-order valence-electron chi connectivity index (χ2n) is 7.32. The van der Waals surface area contributed by atoms with Gasteiger partial charge >= 0.3 is 0 Å². The van der Waals surface area contributed by atoms with Crippen molar-refractivity contribution in [1.82, 2.24) is 4.98 Å². The zero-order valence-corrected chi connectivity index (χ0v) is 15.7. The molecule has 2 nitrogen and oxygen atoms in total. The fraction of sp³-hybridized carbons (Fsp3) is 0.333. The molecule has 0 bridgehead atoms. The second-order valence-corrected chi connectivity index (χ2v) is 7.32. The molecule has 0 saturated heterocycles. The van der Waals surface area contributed by atoms with E-state index in [4.69, 9.17) is 6.35 Å². The molecular weight excluding hydrogens is 316 g/mol. The molecule has 0 N–H and O–H groups in total. The topological polar surface area (TPSA) is 16.8 Å². The molecule has 1 aromatic carbocycles. The van der Waals surface area contributed by atoms with Crippen LogP contribution in [0.2, 0.25) is 0 Å². The summed E-state index contributed by atoms with van der Waals surface area (Å²) in [6, 6.07) is 17.0. The summed E-state index contributed by atoms with van der Waals surface area (Å²) in [5, 5.41) is 0. The standard InChI is InChI=1S/C24H27N2/c1-18-8-6-7-11-22(18)24-16-20(14-15-26(24)2)21-12-13-23(25-17-21)19-9-4-3-5-10-19/h6-8,11-17,19H,3-5,9-10H2,1-2H3/q+1/i19D. The summed E-state index contributed by atoms with van der Waals surface area (Å²) in [6.45, 7) is 2.15. The highest BCUT2D eigenvalue weighted by atomic mass is 14.9. The average molecular weight is 345 g/mol. The van der Waals surface area contributed by atoms with Gasteiger partial charge in [0.2, 0.25) is 5.69 Å². The van der Waals surface area contributed by atoms with Gasteiger partial charge in [0.15, 0.2) is 6.20 Å². The predicted octanol–water partition coefficient (Wildman–Crippen LogP) is 5.60. The van der Waals surface area contributed by atoms with Crippen molar-refractivity contribution in [3.05, 3.63) is 72.2 Å². The van der Waals surface area contributed by atoms with Crippen LogP contribution in [-0.2, 0) is 7.05 Å². The number of aromatic nitrogens is 2. The van der Waals surface area contributed by atoms with Crippen molar-refractivity contribution in [3.8, 4) is 22.4 Å². The van der Waals surface area contributed by atoms with Crippen LogP contribution in [0, 0.1) is 6.92 Å². The monoisotopic (exact) mass is 344 g/mol. The van der Waals surface area contributed by atoms with Gasteiger partial charge in [-0.1, -0.05) is 43.5 Å². The maximum Gasteiger partial charge on any atom is 0.213 e. The SMILES string of the molecule is [2H]C1(c2ccc(-c3cc[n+](C)c(-c4ccccc4C)c3)cn2)CCCCC1. The molecule has 1 aliphatic rings. The van der Waals surface area contributed by atoms with Gasteiger partial charge in [-0.25, -0.2) is 4.57 Å². The van der Waals surface area contributed by atoms with Gasteiger partial charge in [0.25, 0.3) is 0 Å². The van der Waals surface area contributed by atoms with Crippen molar-refractivity contribution >= 4 is 0 Å². The molecule has 2 aromatic heterocycles. The highest BCUT2D eigenvalue weighted by Crippen LogP contribution is 2.32.